The van der Waals surface area contributed by atoms with Crippen LogP contribution in [0.2, 0.25) is 5.02 Å². The van der Waals surface area contributed by atoms with E-state index in [0.717, 1.165) is 28.6 Å². The Morgan fingerprint density at radius 2 is 1.77 bits per heavy atom. The van der Waals surface area contributed by atoms with Crippen LogP contribution in [0.15, 0.2) is 72.8 Å². The lowest BCUT2D eigenvalue weighted by atomic mass is 9.91. The summed E-state index contributed by atoms with van der Waals surface area (Å²) in [6.45, 7) is 0.532. The predicted octanol–water partition coefficient (Wildman–Crippen LogP) is 4.01. The van der Waals surface area contributed by atoms with Crippen LogP contribution in [0.5, 0.6) is 0 Å². The fourth-order valence-corrected chi connectivity index (χ4v) is 4.62. The molecule has 7 heteroatoms. The summed E-state index contributed by atoms with van der Waals surface area (Å²) in [4.78, 5) is 18.9. The van der Waals surface area contributed by atoms with Crippen LogP contribution in [0, 0.1) is 5.21 Å². The number of fused-ring (bicyclic) bond motifs is 3. The summed E-state index contributed by atoms with van der Waals surface area (Å²) < 4.78 is 0. The molecule has 0 fully saturated rings. The summed E-state index contributed by atoms with van der Waals surface area (Å²) in [5.41, 5.74) is 4.67. The van der Waals surface area contributed by atoms with Gasteiger partial charge in [-0.25, -0.2) is 5.21 Å². The monoisotopic (exact) mass is 433 g/mol. The molecule has 5 rings (SSSR count). The van der Waals surface area contributed by atoms with Gasteiger partial charge in [-0.05, 0) is 35.7 Å². The summed E-state index contributed by atoms with van der Waals surface area (Å²) in [5, 5.41) is 21.2. The smallest absolute Gasteiger partial charge is 0.256 e. The number of aromatic nitrogens is 1. The zero-order valence-corrected chi connectivity index (χ0v) is 17.3. The lowest BCUT2D eigenvalue weighted by molar-refractivity contribution is -0.991. The number of rotatable bonds is 3. The topological polar surface area (TPSA) is 83.8 Å². The Balaban J connectivity index is 1.65. The van der Waals surface area contributed by atoms with E-state index in [0.29, 0.717) is 17.1 Å². The van der Waals surface area contributed by atoms with E-state index in [2.05, 4.69) is 11.1 Å². The predicted molar refractivity (Wildman–Crippen MR) is 119 cm³/mol. The van der Waals surface area contributed by atoms with Crippen molar-refractivity contribution in [2.24, 2.45) is 0 Å². The van der Waals surface area contributed by atoms with Gasteiger partial charge in [0.15, 0.2) is 5.69 Å². The third-order valence-corrected chi connectivity index (χ3v) is 6.20. The van der Waals surface area contributed by atoms with Crippen LogP contribution in [-0.2, 0) is 6.42 Å². The first-order valence-corrected chi connectivity index (χ1v) is 10.4. The molecule has 1 aromatic heterocycles. The molecule has 0 aliphatic carbocycles. The highest BCUT2D eigenvalue weighted by Crippen LogP contribution is 2.39. The van der Waals surface area contributed by atoms with Crippen molar-refractivity contribution in [1.82, 2.24) is 9.88 Å². The standard InChI is InChI=1S/C24H20ClN3O3/c25-20-7-3-1-6-19(20)24(29)27-14-13-18-17-5-2-4-8-21(17)26-22(18)23(27)15-9-11-16(12-10-15)28(30)31/h1-12,23,26,28,30H,13-14H2. The van der Waals surface area contributed by atoms with Crippen molar-refractivity contribution < 1.29 is 15.2 Å². The van der Waals surface area contributed by atoms with Gasteiger partial charge in [0.25, 0.3) is 5.91 Å². The SMILES string of the molecule is O=C(c1ccccc1Cl)N1CCc2c([nH]c3ccccc23)C1c1ccc([NH+]([O-])O)cc1. The molecule has 3 aromatic carbocycles. The Kier molecular flexibility index (Phi) is 5.00. The van der Waals surface area contributed by atoms with Crippen LogP contribution in [-0.4, -0.2) is 27.5 Å². The minimum Gasteiger partial charge on any atom is -0.595 e. The first-order chi connectivity index (χ1) is 15.0. The molecule has 0 bridgehead atoms. The number of carbonyl (C=O) groups is 1. The Morgan fingerprint density at radius 3 is 2.52 bits per heavy atom. The average Bonchev–Trinajstić information content (AvgIpc) is 3.17. The van der Waals surface area contributed by atoms with E-state index in [-0.39, 0.29) is 17.6 Å². The Labute approximate surface area is 183 Å². The number of nitrogens with one attached hydrogen (secondary N) is 2. The number of carbonyl (C=O) groups excluding carboxylic acids is 1. The molecule has 0 saturated heterocycles. The van der Waals surface area contributed by atoms with Gasteiger partial charge in [0, 0.05) is 35.3 Å². The molecule has 6 nitrogen and oxygen atoms in total. The molecule has 1 aliphatic heterocycles. The normalized spacial score (nSPS) is 16.9. The van der Waals surface area contributed by atoms with Crippen molar-refractivity contribution in [2.45, 2.75) is 12.5 Å². The molecule has 0 saturated carbocycles. The van der Waals surface area contributed by atoms with Crippen LogP contribution >= 0.6 is 11.6 Å². The van der Waals surface area contributed by atoms with Gasteiger partial charge in [-0.1, -0.05) is 54.1 Å². The van der Waals surface area contributed by atoms with Gasteiger partial charge in [-0.15, -0.1) is 0 Å². The second-order valence-corrected chi connectivity index (χ2v) is 8.03. The number of quaternary nitrogens is 1. The molecule has 2 heterocycles. The van der Waals surface area contributed by atoms with Gasteiger partial charge in [-0.2, -0.15) is 5.23 Å². The Hall–Kier alpha value is -3.16. The fraction of sp³-hybridized carbons (Fsp3) is 0.125. The van der Waals surface area contributed by atoms with E-state index in [1.165, 1.54) is 5.56 Å². The Morgan fingerprint density at radius 1 is 1.06 bits per heavy atom. The lowest BCUT2D eigenvalue weighted by Crippen LogP contribution is -2.99. The van der Waals surface area contributed by atoms with E-state index in [9.17, 15) is 15.2 Å². The van der Waals surface area contributed by atoms with E-state index >= 15 is 0 Å². The molecule has 0 spiro atoms. The molecule has 4 aromatic rings. The van der Waals surface area contributed by atoms with E-state index in [4.69, 9.17) is 11.6 Å². The zero-order valence-electron chi connectivity index (χ0n) is 16.5. The highest BCUT2D eigenvalue weighted by molar-refractivity contribution is 6.33. The van der Waals surface area contributed by atoms with Gasteiger partial charge in [0.1, 0.15) is 0 Å². The third kappa shape index (κ3) is 3.40. The van der Waals surface area contributed by atoms with Crippen LogP contribution in [0.1, 0.15) is 33.2 Å². The van der Waals surface area contributed by atoms with Crippen LogP contribution < -0.4 is 5.23 Å². The number of nitrogens with zero attached hydrogens (tertiary/aromatic N) is 1. The lowest BCUT2D eigenvalue weighted by Gasteiger charge is -2.36. The maximum absolute atomic E-state index is 13.5. The average molecular weight is 434 g/mol. The highest BCUT2D eigenvalue weighted by Gasteiger charge is 2.35. The fourth-order valence-electron chi connectivity index (χ4n) is 4.40. The first kappa shape index (κ1) is 19.8. The minimum atomic E-state index is -0.981. The molecule has 1 amide bonds. The summed E-state index contributed by atoms with van der Waals surface area (Å²) in [7, 11) is 0. The zero-order chi connectivity index (χ0) is 21.5. The largest absolute Gasteiger partial charge is 0.595 e. The molecule has 0 radical (unpaired) electrons. The quantitative estimate of drug-likeness (QED) is 0.427. The summed E-state index contributed by atoms with van der Waals surface area (Å²) in [5.74, 6) is -0.151. The first-order valence-electron chi connectivity index (χ1n) is 10.0. The second-order valence-electron chi connectivity index (χ2n) is 7.62. The number of hydrogen-bond donors (Lipinski definition) is 3. The number of H-pyrrole nitrogens is 1. The number of benzene rings is 3. The van der Waals surface area contributed by atoms with E-state index in [1.807, 2.05) is 23.1 Å². The Bertz CT molecular complexity index is 1270. The van der Waals surface area contributed by atoms with Crippen molar-refractivity contribution in [1.29, 1.82) is 0 Å². The van der Waals surface area contributed by atoms with Crippen LogP contribution in [0.25, 0.3) is 10.9 Å². The number of halogens is 1. The van der Waals surface area contributed by atoms with Crippen LogP contribution in [0.4, 0.5) is 5.69 Å². The number of hydrogen-bond acceptors (Lipinski definition) is 3. The van der Waals surface area contributed by atoms with Crippen LogP contribution in [0.3, 0.4) is 0 Å². The van der Waals surface area contributed by atoms with Crippen molar-refractivity contribution >= 4 is 34.1 Å². The summed E-state index contributed by atoms with van der Waals surface area (Å²) in [6, 6.07) is 21.5. The maximum Gasteiger partial charge on any atom is 0.256 e. The van der Waals surface area contributed by atoms with Crippen molar-refractivity contribution in [3.8, 4) is 0 Å². The highest BCUT2D eigenvalue weighted by atomic mass is 35.5. The number of aromatic amines is 1. The molecule has 2 atom stereocenters. The molecule has 1 aliphatic rings. The molecule has 31 heavy (non-hydrogen) atoms. The third-order valence-electron chi connectivity index (χ3n) is 5.87. The van der Waals surface area contributed by atoms with E-state index in [1.54, 1.807) is 48.5 Å². The van der Waals surface area contributed by atoms with Gasteiger partial charge in [0.05, 0.1) is 16.6 Å². The van der Waals surface area contributed by atoms with E-state index < -0.39 is 5.23 Å². The van der Waals surface area contributed by atoms with Gasteiger partial charge in [-0.3, -0.25) is 4.79 Å². The summed E-state index contributed by atoms with van der Waals surface area (Å²) >= 11 is 6.33. The molecule has 3 N–H and O–H groups in total. The number of amides is 1. The van der Waals surface area contributed by atoms with Gasteiger partial charge < -0.3 is 15.1 Å². The second kappa shape index (κ2) is 7.83. The minimum absolute atomic E-state index is 0.151. The molecule has 156 valence electrons. The molecular weight excluding hydrogens is 414 g/mol. The van der Waals surface area contributed by atoms with Crippen molar-refractivity contribution in [2.75, 3.05) is 6.54 Å². The van der Waals surface area contributed by atoms with Gasteiger partial charge in [0.2, 0.25) is 0 Å². The number of para-hydroxylation sites is 1. The summed E-state index contributed by atoms with van der Waals surface area (Å²) in [6.07, 6.45) is 0.721. The molecular formula is C24H20ClN3O3. The molecule has 2 unspecified atom stereocenters. The van der Waals surface area contributed by atoms with Crippen molar-refractivity contribution in [3.05, 3.63) is 105 Å². The van der Waals surface area contributed by atoms with Gasteiger partial charge >= 0.3 is 0 Å². The van der Waals surface area contributed by atoms with Crippen molar-refractivity contribution in [3.63, 3.8) is 0 Å². The maximum atomic E-state index is 13.5.